The quantitative estimate of drug-likeness (QED) is 0.536. The molecule has 5 nitrogen and oxygen atoms in total. The fourth-order valence-electron chi connectivity index (χ4n) is 0.843. The van der Waals surface area contributed by atoms with Crippen LogP contribution in [0.15, 0.2) is 23.1 Å². The van der Waals surface area contributed by atoms with Gasteiger partial charge in [0.15, 0.2) is 6.29 Å². The Kier molecular flexibility index (Phi) is 2.35. The standard InChI is InChI=1S/C7H6O5S/c8-4-5-2-1-3-6(7(5)9)13(10,11)12/h1-4,9H,(H,10,11,12). The molecule has 1 rings (SSSR count). The van der Waals surface area contributed by atoms with E-state index in [9.17, 15) is 13.2 Å². The van der Waals surface area contributed by atoms with Gasteiger partial charge in [-0.15, -0.1) is 0 Å². The number of rotatable bonds is 2. The number of hydrogen-bond donors (Lipinski definition) is 2. The number of hydrogen-bond acceptors (Lipinski definition) is 4. The van der Waals surface area contributed by atoms with Gasteiger partial charge in [0, 0.05) is 0 Å². The summed E-state index contributed by atoms with van der Waals surface area (Å²) < 4.78 is 29.8. The first-order valence-electron chi connectivity index (χ1n) is 3.21. The third-order valence-electron chi connectivity index (χ3n) is 1.44. The normalized spacial score (nSPS) is 11.2. The van der Waals surface area contributed by atoms with Crippen molar-refractivity contribution < 1.29 is 22.9 Å². The zero-order valence-electron chi connectivity index (χ0n) is 6.34. The van der Waals surface area contributed by atoms with Crippen molar-refractivity contribution in [3.8, 4) is 5.75 Å². The highest BCUT2D eigenvalue weighted by molar-refractivity contribution is 7.86. The Morgan fingerprint density at radius 1 is 1.31 bits per heavy atom. The zero-order valence-corrected chi connectivity index (χ0v) is 7.15. The van der Waals surface area contributed by atoms with E-state index in [2.05, 4.69) is 0 Å². The number of benzene rings is 1. The number of phenols is 1. The Morgan fingerprint density at radius 3 is 2.38 bits per heavy atom. The molecule has 1 aromatic carbocycles. The molecular formula is C7H6O5S. The van der Waals surface area contributed by atoms with Crippen LogP contribution in [-0.2, 0) is 10.1 Å². The van der Waals surface area contributed by atoms with E-state index < -0.39 is 20.8 Å². The summed E-state index contributed by atoms with van der Waals surface area (Å²) in [6.45, 7) is 0. The van der Waals surface area contributed by atoms with Crippen LogP contribution < -0.4 is 0 Å². The van der Waals surface area contributed by atoms with Gasteiger partial charge in [0.25, 0.3) is 10.1 Å². The fourth-order valence-corrected chi connectivity index (χ4v) is 1.46. The van der Waals surface area contributed by atoms with E-state index in [0.29, 0.717) is 6.29 Å². The first-order valence-corrected chi connectivity index (χ1v) is 4.65. The second-order valence-corrected chi connectivity index (χ2v) is 3.68. The minimum Gasteiger partial charge on any atom is -0.506 e. The summed E-state index contributed by atoms with van der Waals surface area (Å²) in [6.07, 6.45) is 0.296. The molecular weight excluding hydrogens is 196 g/mol. The third kappa shape index (κ3) is 1.85. The minimum atomic E-state index is -4.47. The van der Waals surface area contributed by atoms with Crippen molar-refractivity contribution in [3.05, 3.63) is 23.8 Å². The first kappa shape index (κ1) is 9.69. The molecule has 0 saturated heterocycles. The van der Waals surface area contributed by atoms with Crippen LogP contribution in [0.4, 0.5) is 0 Å². The highest BCUT2D eigenvalue weighted by atomic mass is 32.2. The monoisotopic (exact) mass is 202 g/mol. The summed E-state index contributed by atoms with van der Waals surface area (Å²) in [5, 5.41) is 9.15. The molecule has 0 unspecified atom stereocenters. The first-order chi connectivity index (χ1) is 5.96. The van der Waals surface area contributed by atoms with Crippen LogP contribution in [0.5, 0.6) is 5.75 Å². The van der Waals surface area contributed by atoms with Gasteiger partial charge in [-0.1, -0.05) is 6.07 Å². The Balaban J connectivity index is 3.50. The molecule has 0 saturated carbocycles. The molecule has 1 aromatic rings. The topological polar surface area (TPSA) is 91.7 Å². The summed E-state index contributed by atoms with van der Waals surface area (Å²) in [4.78, 5) is 9.60. The van der Waals surface area contributed by atoms with E-state index >= 15 is 0 Å². The van der Waals surface area contributed by atoms with Crippen molar-refractivity contribution in [1.82, 2.24) is 0 Å². The van der Waals surface area contributed by atoms with Crippen molar-refractivity contribution >= 4 is 16.4 Å². The number of aldehydes is 1. The second-order valence-electron chi connectivity index (χ2n) is 2.29. The lowest BCUT2D eigenvalue weighted by atomic mass is 10.2. The predicted molar refractivity (Wildman–Crippen MR) is 43.3 cm³/mol. The van der Waals surface area contributed by atoms with Crippen LogP contribution in [0.25, 0.3) is 0 Å². The van der Waals surface area contributed by atoms with Gasteiger partial charge >= 0.3 is 0 Å². The number of carbonyl (C=O) groups excluding carboxylic acids is 1. The molecule has 0 radical (unpaired) electrons. The van der Waals surface area contributed by atoms with E-state index in [1.165, 1.54) is 12.1 Å². The molecule has 70 valence electrons. The lowest BCUT2D eigenvalue weighted by Gasteiger charge is -2.01. The molecule has 13 heavy (non-hydrogen) atoms. The van der Waals surface area contributed by atoms with Crippen LogP contribution >= 0.6 is 0 Å². The second kappa shape index (κ2) is 3.15. The van der Waals surface area contributed by atoms with Crippen molar-refractivity contribution in [1.29, 1.82) is 0 Å². The summed E-state index contributed by atoms with van der Waals surface area (Å²) in [5.41, 5.74) is -0.185. The van der Waals surface area contributed by atoms with Gasteiger partial charge in [-0.3, -0.25) is 9.35 Å². The molecule has 0 amide bonds. The van der Waals surface area contributed by atoms with E-state index in [0.717, 1.165) is 6.07 Å². The summed E-state index contributed by atoms with van der Waals surface area (Å²) in [7, 11) is -4.47. The fraction of sp³-hybridized carbons (Fsp3) is 0. The van der Waals surface area contributed by atoms with Crippen LogP contribution in [0.3, 0.4) is 0 Å². The predicted octanol–water partition coefficient (Wildman–Crippen LogP) is 0.451. The Bertz CT molecular complexity index is 434. The molecule has 0 aliphatic heterocycles. The molecule has 0 heterocycles. The lowest BCUT2D eigenvalue weighted by Crippen LogP contribution is -1.99. The van der Waals surface area contributed by atoms with E-state index in [4.69, 9.17) is 9.66 Å². The van der Waals surface area contributed by atoms with Gasteiger partial charge in [0.1, 0.15) is 10.6 Å². The van der Waals surface area contributed by atoms with Gasteiger partial charge in [-0.05, 0) is 12.1 Å². The van der Waals surface area contributed by atoms with Gasteiger partial charge in [-0.2, -0.15) is 8.42 Å². The molecule has 0 aliphatic rings. The lowest BCUT2D eigenvalue weighted by molar-refractivity contribution is 0.112. The minimum absolute atomic E-state index is 0.185. The van der Waals surface area contributed by atoms with Crippen LogP contribution in [0.2, 0.25) is 0 Å². The number of aromatic hydroxyl groups is 1. The highest BCUT2D eigenvalue weighted by Gasteiger charge is 2.16. The Hall–Kier alpha value is -1.40. The van der Waals surface area contributed by atoms with E-state index in [1.54, 1.807) is 0 Å². The average Bonchev–Trinajstić information content (AvgIpc) is 2.02. The van der Waals surface area contributed by atoms with Crippen molar-refractivity contribution in [2.24, 2.45) is 0 Å². The van der Waals surface area contributed by atoms with E-state index in [-0.39, 0.29) is 5.56 Å². The maximum absolute atomic E-state index is 10.6. The summed E-state index contributed by atoms with van der Waals surface area (Å²) in [6, 6.07) is 3.47. The molecule has 0 spiro atoms. The molecule has 0 aliphatic carbocycles. The Labute approximate surface area is 74.4 Å². The van der Waals surface area contributed by atoms with Gasteiger partial charge in [0.2, 0.25) is 0 Å². The van der Waals surface area contributed by atoms with Crippen LogP contribution in [0.1, 0.15) is 10.4 Å². The SMILES string of the molecule is O=Cc1cccc(S(=O)(=O)O)c1O. The molecule has 0 aromatic heterocycles. The molecule has 0 atom stereocenters. The van der Waals surface area contributed by atoms with Crippen molar-refractivity contribution in [3.63, 3.8) is 0 Å². The van der Waals surface area contributed by atoms with Gasteiger partial charge in [-0.25, -0.2) is 0 Å². The van der Waals surface area contributed by atoms with E-state index in [1.807, 2.05) is 0 Å². The number of carbonyl (C=O) groups is 1. The van der Waals surface area contributed by atoms with Gasteiger partial charge in [0.05, 0.1) is 5.56 Å². The summed E-state index contributed by atoms with van der Waals surface area (Å²) in [5.74, 6) is -0.736. The smallest absolute Gasteiger partial charge is 0.298 e. The Morgan fingerprint density at radius 2 is 1.92 bits per heavy atom. The largest absolute Gasteiger partial charge is 0.506 e. The number of phenolic OH excluding ortho intramolecular Hbond substituents is 1. The zero-order chi connectivity index (χ0) is 10.1. The van der Waals surface area contributed by atoms with Crippen molar-refractivity contribution in [2.75, 3.05) is 0 Å². The van der Waals surface area contributed by atoms with Crippen molar-refractivity contribution in [2.45, 2.75) is 4.90 Å². The van der Waals surface area contributed by atoms with Gasteiger partial charge < -0.3 is 5.11 Å². The number of para-hydroxylation sites is 1. The summed E-state index contributed by atoms with van der Waals surface area (Å²) >= 11 is 0. The van der Waals surface area contributed by atoms with Crippen LogP contribution in [-0.4, -0.2) is 24.4 Å². The molecule has 0 fully saturated rings. The maximum Gasteiger partial charge on any atom is 0.298 e. The highest BCUT2D eigenvalue weighted by Crippen LogP contribution is 2.24. The molecule has 2 N–H and O–H groups in total. The molecule has 6 heteroatoms. The average molecular weight is 202 g/mol. The van der Waals surface area contributed by atoms with Crippen LogP contribution in [0, 0.1) is 0 Å². The molecule has 0 bridgehead atoms. The third-order valence-corrected chi connectivity index (χ3v) is 2.32. The maximum atomic E-state index is 10.6.